The van der Waals surface area contributed by atoms with Crippen molar-refractivity contribution in [3.05, 3.63) is 11.8 Å². The second-order valence-electron chi connectivity index (χ2n) is 2.88. The molecule has 0 aliphatic heterocycles. The first-order valence-corrected chi connectivity index (χ1v) is 5.68. The molecule has 1 amide bonds. The number of nitriles is 1. The third-order valence-electron chi connectivity index (χ3n) is 1.58. The van der Waals surface area contributed by atoms with E-state index >= 15 is 0 Å². The molecule has 1 heterocycles. The number of carbonyl (C=O) groups excluding carboxylic acids is 1. The Bertz CT molecular complexity index is 570. The molecular weight excluding hydrogens is 250 g/mol. The van der Waals surface area contributed by atoms with Crippen molar-refractivity contribution in [3.63, 3.8) is 0 Å². The normalized spacial score (nSPS) is 10.4. The summed E-state index contributed by atoms with van der Waals surface area (Å²) >= 11 is 0. The quantitative estimate of drug-likeness (QED) is 0.739. The number of aromatic nitrogens is 2. The molecule has 0 atom stereocenters. The van der Waals surface area contributed by atoms with Gasteiger partial charge in [0.1, 0.15) is 11.6 Å². The standard InChI is InChI=1S/C7H9N5O4S/c1-12-4-5(3-8)6(9-12)10-17(14,15)11-7(13)16-2/h4H,1-2H3,(H,9,10)(H,11,13). The Morgan fingerprint density at radius 3 is 2.82 bits per heavy atom. The van der Waals surface area contributed by atoms with Crippen LogP contribution < -0.4 is 9.44 Å². The van der Waals surface area contributed by atoms with Crippen molar-refractivity contribution in [2.75, 3.05) is 11.8 Å². The van der Waals surface area contributed by atoms with Crippen LogP contribution in [0.2, 0.25) is 0 Å². The molecule has 0 saturated heterocycles. The smallest absolute Gasteiger partial charge is 0.422 e. The largest absolute Gasteiger partial charge is 0.452 e. The third-order valence-corrected chi connectivity index (χ3v) is 2.48. The summed E-state index contributed by atoms with van der Waals surface area (Å²) in [5.41, 5.74) is 0.0303. The van der Waals surface area contributed by atoms with Crippen LogP contribution in [0.3, 0.4) is 0 Å². The molecule has 1 rings (SSSR count). The highest BCUT2D eigenvalue weighted by atomic mass is 32.2. The van der Waals surface area contributed by atoms with Gasteiger partial charge in [0.25, 0.3) is 0 Å². The minimum absolute atomic E-state index is 0.0303. The molecule has 1 aromatic heterocycles. The molecule has 0 unspecified atom stereocenters. The maximum atomic E-state index is 11.4. The summed E-state index contributed by atoms with van der Waals surface area (Å²) in [5, 5.41) is 12.4. The van der Waals surface area contributed by atoms with Gasteiger partial charge >= 0.3 is 16.3 Å². The van der Waals surface area contributed by atoms with E-state index in [0.29, 0.717) is 0 Å². The minimum atomic E-state index is -4.17. The van der Waals surface area contributed by atoms with Crippen molar-refractivity contribution in [3.8, 4) is 6.07 Å². The van der Waals surface area contributed by atoms with Gasteiger partial charge in [-0.2, -0.15) is 18.8 Å². The molecule has 17 heavy (non-hydrogen) atoms. The Balaban J connectivity index is 2.91. The van der Waals surface area contributed by atoms with E-state index in [1.54, 1.807) is 10.8 Å². The van der Waals surface area contributed by atoms with E-state index in [0.717, 1.165) is 7.11 Å². The van der Waals surface area contributed by atoms with Crippen LogP contribution in [0.5, 0.6) is 0 Å². The first-order chi connectivity index (χ1) is 7.88. The molecule has 2 N–H and O–H groups in total. The number of rotatable bonds is 3. The number of anilines is 1. The zero-order chi connectivity index (χ0) is 13.1. The maximum absolute atomic E-state index is 11.4. The number of nitrogens with zero attached hydrogens (tertiary/aromatic N) is 3. The zero-order valence-electron chi connectivity index (χ0n) is 8.96. The topological polar surface area (TPSA) is 126 Å². The lowest BCUT2D eigenvalue weighted by atomic mass is 10.4. The molecule has 0 fully saturated rings. The molecule has 0 aliphatic carbocycles. The Labute approximate surface area is 97.2 Å². The third kappa shape index (κ3) is 3.35. The van der Waals surface area contributed by atoms with Gasteiger partial charge in [-0.1, -0.05) is 0 Å². The fraction of sp³-hybridized carbons (Fsp3) is 0.286. The molecule has 0 spiro atoms. The van der Waals surface area contributed by atoms with Gasteiger partial charge in [-0.25, -0.2) is 14.2 Å². The molecule has 9 nitrogen and oxygen atoms in total. The average molecular weight is 259 g/mol. The van der Waals surface area contributed by atoms with E-state index in [1.807, 2.05) is 4.72 Å². The van der Waals surface area contributed by atoms with Crippen LogP contribution >= 0.6 is 0 Å². The first-order valence-electron chi connectivity index (χ1n) is 4.20. The Morgan fingerprint density at radius 1 is 1.65 bits per heavy atom. The number of amides is 1. The van der Waals surface area contributed by atoms with Gasteiger partial charge in [0, 0.05) is 13.2 Å². The van der Waals surface area contributed by atoms with Gasteiger partial charge in [0.05, 0.1) is 7.11 Å². The summed E-state index contributed by atoms with van der Waals surface area (Å²) in [6, 6.07) is 1.75. The number of methoxy groups -OCH3 is 1. The van der Waals surface area contributed by atoms with Gasteiger partial charge < -0.3 is 4.74 Å². The molecule has 0 aliphatic rings. The second kappa shape index (κ2) is 4.71. The van der Waals surface area contributed by atoms with Crippen LogP contribution in [0.1, 0.15) is 5.56 Å². The van der Waals surface area contributed by atoms with Crippen LogP contribution in [0.25, 0.3) is 0 Å². The van der Waals surface area contributed by atoms with E-state index in [9.17, 15) is 13.2 Å². The summed E-state index contributed by atoms with van der Waals surface area (Å²) in [6.45, 7) is 0. The summed E-state index contributed by atoms with van der Waals surface area (Å²) in [7, 11) is -1.63. The van der Waals surface area contributed by atoms with Gasteiger partial charge in [-0.05, 0) is 0 Å². The molecule has 10 heteroatoms. The Hall–Kier alpha value is -2.28. The van der Waals surface area contributed by atoms with Crippen molar-refractivity contribution in [2.45, 2.75) is 0 Å². The monoisotopic (exact) mass is 259 g/mol. The van der Waals surface area contributed by atoms with E-state index < -0.39 is 16.3 Å². The molecule has 0 saturated carbocycles. The number of ether oxygens (including phenoxy) is 1. The SMILES string of the molecule is COC(=O)NS(=O)(=O)Nc1nn(C)cc1C#N. The second-order valence-corrected chi connectivity index (χ2v) is 4.29. The van der Waals surface area contributed by atoms with Crippen molar-refractivity contribution in [2.24, 2.45) is 7.05 Å². The first kappa shape index (κ1) is 12.8. The number of aryl methyl sites for hydroxylation is 1. The highest BCUT2D eigenvalue weighted by molar-refractivity contribution is 7.91. The van der Waals surface area contributed by atoms with Crippen molar-refractivity contribution in [1.29, 1.82) is 5.26 Å². The maximum Gasteiger partial charge on any atom is 0.422 e. The summed E-state index contributed by atoms with van der Waals surface area (Å²) in [6.07, 6.45) is 0.183. The predicted molar refractivity (Wildman–Crippen MR) is 56.0 cm³/mol. The lowest BCUT2D eigenvalue weighted by Crippen LogP contribution is -2.35. The van der Waals surface area contributed by atoms with E-state index in [4.69, 9.17) is 5.26 Å². The minimum Gasteiger partial charge on any atom is -0.452 e. The number of hydrogen-bond donors (Lipinski definition) is 2. The van der Waals surface area contributed by atoms with Crippen LogP contribution in [-0.2, 0) is 22.0 Å². The number of hydrogen-bond acceptors (Lipinski definition) is 6. The average Bonchev–Trinajstić information content (AvgIpc) is 2.56. The van der Waals surface area contributed by atoms with E-state index in [2.05, 4.69) is 9.84 Å². The zero-order valence-corrected chi connectivity index (χ0v) is 9.78. The van der Waals surface area contributed by atoms with Gasteiger partial charge in [-0.15, -0.1) is 0 Å². The lowest BCUT2D eigenvalue weighted by Gasteiger charge is -2.05. The lowest BCUT2D eigenvalue weighted by molar-refractivity contribution is 0.177. The van der Waals surface area contributed by atoms with Crippen molar-refractivity contribution < 1.29 is 17.9 Å². The summed E-state index contributed by atoms with van der Waals surface area (Å²) in [4.78, 5) is 10.7. The summed E-state index contributed by atoms with van der Waals surface area (Å²) < 4.78 is 31.6. The van der Waals surface area contributed by atoms with Crippen LogP contribution in [-0.4, -0.2) is 31.4 Å². The molecule has 0 bridgehead atoms. The van der Waals surface area contributed by atoms with Gasteiger partial charge in [-0.3, -0.25) is 4.68 Å². The van der Waals surface area contributed by atoms with Gasteiger partial charge in [0.2, 0.25) is 0 Å². The molecule has 1 aromatic rings. The van der Waals surface area contributed by atoms with E-state index in [1.165, 1.54) is 17.9 Å². The van der Waals surface area contributed by atoms with Gasteiger partial charge in [0.15, 0.2) is 5.82 Å². The fourth-order valence-electron chi connectivity index (χ4n) is 0.950. The fourth-order valence-corrected chi connectivity index (χ4v) is 1.71. The highest BCUT2D eigenvalue weighted by Crippen LogP contribution is 2.11. The Kier molecular flexibility index (Phi) is 3.54. The Morgan fingerprint density at radius 2 is 2.29 bits per heavy atom. The van der Waals surface area contributed by atoms with Crippen LogP contribution in [0.15, 0.2) is 6.20 Å². The summed E-state index contributed by atoms with van der Waals surface area (Å²) in [5.74, 6) is -0.175. The molecule has 0 aromatic carbocycles. The molecular formula is C7H9N5O4S. The predicted octanol–water partition coefficient (Wildman–Crippen LogP) is -0.696. The van der Waals surface area contributed by atoms with E-state index in [-0.39, 0.29) is 11.4 Å². The van der Waals surface area contributed by atoms with Crippen molar-refractivity contribution in [1.82, 2.24) is 14.5 Å². The highest BCUT2D eigenvalue weighted by Gasteiger charge is 2.18. The number of carbonyl (C=O) groups is 1. The number of nitrogens with one attached hydrogen (secondary N) is 2. The van der Waals surface area contributed by atoms with Crippen molar-refractivity contribution >= 4 is 22.1 Å². The molecule has 92 valence electrons. The molecule has 0 radical (unpaired) electrons. The van der Waals surface area contributed by atoms with Crippen LogP contribution in [0.4, 0.5) is 10.6 Å². The van der Waals surface area contributed by atoms with Crippen LogP contribution in [0, 0.1) is 11.3 Å².